The molecule has 1 saturated heterocycles. The number of ether oxygens (including phenoxy) is 1. The molecule has 0 radical (unpaired) electrons. The van der Waals surface area contributed by atoms with Gasteiger partial charge in [-0.05, 0) is 62.6 Å². The largest absolute Gasteiger partial charge is 0.479 e. The maximum Gasteiger partial charge on any atom is 0.349 e. The first-order valence-electron chi connectivity index (χ1n) is 12.5. The minimum absolute atomic E-state index is 0.00190. The molecule has 1 aliphatic rings. The van der Waals surface area contributed by atoms with Crippen molar-refractivity contribution in [3.05, 3.63) is 63.7 Å². The number of hydrogen-bond acceptors (Lipinski definition) is 8. The fourth-order valence-corrected chi connectivity index (χ4v) is 8.36. The third-order valence-electron chi connectivity index (χ3n) is 6.68. The number of hydrogen-bond donors (Lipinski definition) is 4. The van der Waals surface area contributed by atoms with Crippen molar-refractivity contribution in [2.24, 2.45) is 0 Å². The third kappa shape index (κ3) is 6.92. The van der Waals surface area contributed by atoms with Crippen molar-refractivity contribution in [2.45, 2.75) is 44.0 Å². The van der Waals surface area contributed by atoms with Crippen LogP contribution in [0, 0.1) is 5.82 Å². The number of sulfonamides is 1. The molecule has 0 saturated carbocycles. The molecule has 14 heteroatoms. The van der Waals surface area contributed by atoms with Crippen LogP contribution in [-0.4, -0.2) is 59.6 Å². The summed E-state index contributed by atoms with van der Waals surface area (Å²) in [7, 11) is -3.85. The lowest BCUT2D eigenvalue weighted by Gasteiger charge is -2.45. The summed E-state index contributed by atoms with van der Waals surface area (Å²) in [5, 5.41) is 21.9. The number of aliphatic carboxylic acids is 1. The summed E-state index contributed by atoms with van der Waals surface area (Å²) >= 11 is 7.30. The summed E-state index contributed by atoms with van der Waals surface area (Å²) in [4.78, 5) is 22.8. The molecule has 10 nitrogen and oxygen atoms in total. The van der Waals surface area contributed by atoms with E-state index in [4.69, 9.17) is 27.2 Å². The Bertz CT molecular complexity index is 1590. The summed E-state index contributed by atoms with van der Waals surface area (Å²) in [6, 6.07) is 10.9. The molecule has 0 spiro atoms. The lowest BCUT2D eigenvalue weighted by molar-refractivity contribution is -0.139. The van der Waals surface area contributed by atoms with Crippen LogP contribution in [0.25, 0.3) is 10.4 Å². The molecule has 220 valence electrons. The topological polar surface area (TPSA) is 159 Å². The predicted molar refractivity (Wildman–Crippen MR) is 156 cm³/mol. The molecule has 3 aromatic rings. The van der Waals surface area contributed by atoms with E-state index in [1.54, 1.807) is 18.2 Å². The maximum atomic E-state index is 14.3. The van der Waals surface area contributed by atoms with Crippen LogP contribution in [0.3, 0.4) is 0 Å². The summed E-state index contributed by atoms with van der Waals surface area (Å²) in [6.07, 6.45) is 0.953. The van der Waals surface area contributed by atoms with E-state index in [0.717, 1.165) is 17.4 Å². The Hall–Kier alpha value is -3.39. The zero-order valence-electron chi connectivity index (χ0n) is 22.2. The molecule has 1 aliphatic heterocycles. The lowest BCUT2D eigenvalue weighted by atomic mass is 9.89. The van der Waals surface area contributed by atoms with Crippen LogP contribution >= 0.6 is 22.9 Å². The molecule has 0 amide bonds. The lowest BCUT2D eigenvalue weighted by Crippen LogP contribution is -2.55. The first kappa shape index (κ1) is 30.6. The van der Waals surface area contributed by atoms with Gasteiger partial charge in [-0.2, -0.15) is 4.31 Å². The summed E-state index contributed by atoms with van der Waals surface area (Å²) < 4.78 is 47.4. The first-order valence-corrected chi connectivity index (χ1v) is 15.3. The van der Waals surface area contributed by atoms with Crippen LogP contribution in [0.4, 0.5) is 15.8 Å². The van der Waals surface area contributed by atoms with Crippen molar-refractivity contribution >= 4 is 56.3 Å². The molecule has 0 unspecified atom stereocenters. The Labute approximate surface area is 245 Å². The van der Waals surface area contributed by atoms with E-state index >= 15 is 0 Å². The van der Waals surface area contributed by atoms with Gasteiger partial charge in [0.15, 0.2) is 17.2 Å². The number of carboxylic acid groups (broad SMARTS) is 2. The summed E-state index contributed by atoms with van der Waals surface area (Å²) in [6.45, 7) is 3.13. The van der Waals surface area contributed by atoms with Gasteiger partial charge in [-0.15, -0.1) is 11.3 Å². The molecule has 1 aromatic heterocycles. The van der Waals surface area contributed by atoms with Crippen molar-refractivity contribution < 1.29 is 37.3 Å². The van der Waals surface area contributed by atoms with Gasteiger partial charge in [0.05, 0.1) is 10.6 Å². The number of thiophene rings is 1. The molecule has 5 N–H and O–H groups in total. The Balaban J connectivity index is 1.50. The van der Waals surface area contributed by atoms with E-state index in [1.165, 1.54) is 16.4 Å². The molecular formula is C27H29ClFN3O7S2. The number of rotatable bonds is 10. The smallest absolute Gasteiger partial charge is 0.349 e. The van der Waals surface area contributed by atoms with Crippen LogP contribution in [0.1, 0.15) is 41.9 Å². The highest BCUT2D eigenvalue weighted by atomic mass is 35.5. The van der Waals surface area contributed by atoms with Crippen molar-refractivity contribution in [3.63, 3.8) is 0 Å². The number of nitrogens with two attached hydrogens (primary N) is 1. The first-order chi connectivity index (χ1) is 19.2. The zero-order valence-corrected chi connectivity index (χ0v) is 24.6. The van der Waals surface area contributed by atoms with E-state index in [0.29, 0.717) is 29.0 Å². The van der Waals surface area contributed by atoms with Gasteiger partial charge in [0.2, 0.25) is 10.0 Å². The number of benzene rings is 2. The number of nitrogens with zero attached hydrogens (tertiary/aromatic N) is 1. The number of nitrogens with one attached hydrogen (secondary N) is 1. The Morgan fingerprint density at radius 3 is 2.63 bits per heavy atom. The average Bonchev–Trinajstić information content (AvgIpc) is 3.20. The fraction of sp³-hybridized carbons (Fsp3) is 0.333. The molecule has 0 aliphatic carbocycles. The van der Waals surface area contributed by atoms with Crippen LogP contribution in [0.5, 0.6) is 5.75 Å². The second-order valence-electron chi connectivity index (χ2n) is 10.3. The van der Waals surface area contributed by atoms with Gasteiger partial charge in [-0.3, -0.25) is 0 Å². The maximum absolute atomic E-state index is 14.3. The highest BCUT2D eigenvalue weighted by molar-refractivity contribution is 7.88. The average molecular weight is 626 g/mol. The monoisotopic (exact) mass is 625 g/mol. The quantitative estimate of drug-likeness (QED) is 0.224. The SMILES string of the molecule is CC1(C)C[C@@H](Nc2cccc(-c3sc(C(=O)O)c(OCC(=O)O)c3Cl)c2)CCN1S(=O)(=O)Cc1cc(N)ccc1F. The highest BCUT2D eigenvalue weighted by Gasteiger charge is 2.41. The Morgan fingerprint density at radius 2 is 1.98 bits per heavy atom. The molecule has 2 aromatic carbocycles. The Kier molecular flexibility index (Phi) is 8.83. The number of anilines is 2. The van der Waals surface area contributed by atoms with Crippen molar-refractivity contribution in [3.8, 4) is 16.2 Å². The van der Waals surface area contributed by atoms with Crippen LogP contribution in [0.15, 0.2) is 42.5 Å². The van der Waals surface area contributed by atoms with Crippen LogP contribution < -0.4 is 15.8 Å². The molecule has 1 atom stereocenters. The van der Waals surface area contributed by atoms with Gasteiger partial charge in [0.25, 0.3) is 0 Å². The number of halogens is 2. The predicted octanol–water partition coefficient (Wildman–Crippen LogP) is 5.14. The number of nitrogen functional groups attached to an aromatic ring is 1. The Morgan fingerprint density at radius 1 is 1.24 bits per heavy atom. The van der Waals surface area contributed by atoms with Crippen molar-refractivity contribution in [1.82, 2.24) is 4.31 Å². The fourth-order valence-electron chi connectivity index (χ4n) is 4.97. The molecule has 2 heterocycles. The van der Waals surface area contributed by atoms with Gasteiger partial charge in [-0.1, -0.05) is 23.7 Å². The van der Waals surface area contributed by atoms with Crippen LogP contribution in [0.2, 0.25) is 5.02 Å². The number of carbonyl (C=O) groups is 2. The van der Waals surface area contributed by atoms with Crippen molar-refractivity contribution in [2.75, 3.05) is 24.2 Å². The van der Waals surface area contributed by atoms with Gasteiger partial charge in [0, 0.05) is 35.1 Å². The van der Waals surface area contributed by atoms with Gasteiger partial charge in [0.1, 0.15) is 10.8 Å². The normalized spacial score (nSPS) is 17.2. The van der Waals surface area contributed by atoms with E-state index in [1.807, 2.05) is 19.9 Å². The number of carboxylic acids is 2. The van der Waals surface area contributed by atoms with E-state index in [-0.39, 0.29) is 39.5 Å². The zero-order chi connectivity index (χ0) is 30.1. The molecular weight excluding hydrogens is 597 g/mol. The minimum Gasteiger partial charge on any atom is -0.479 e. The van der Waals surface area contributed by atoms with Gasteiger partial charge in [-0.25, -0.2) is 22.4 Å². The highest BCUT2D eigenvalue weighted by Crippen LogP contribution is 2.46. The molecule has 1 fully saturated rings. The number of piperidine rings is 1. The van der Waals surface area contributed by atoms with Crippen LogP contribution in [-0.2, 0) is 20.6 Å². The van der Waals surface area contributed by atoms with Gasteiger partial charge < -0.3 is 26.0 Å². The van der Waals surface area contributed by atoms with E-state index in [2.05, 4.69) is 5.32 Å². The van der Waals surface area contributed by atoms with Crippen molar-refractivity contribution in [1.29, 1.82) is 0 Å². The molecule has 0 bridgehead atoms. The summed E-state index contributed by atoms with van der Waals surface area (Å²) in [5.74, 6) is -3.88. The second-order valence-corrected chi connectivity index (χ2v) is 13.6. The van der Waals surface area contributed by atoms with Gasteiger partial charge >= 0.3 is 11.9 Å². The minimum atomic E-state index is -3.85. The van der Waals surface area contributed by atoms with E-state index in [9.17, 15) is 27.5 Å². The molecule has 4 rings (SSSR count). The number of aromatic carboxylic acids is 1. The van der Waals surface area contributed by atoms with E-state index < -0.39 is 45.7 Å². The second kappa shape index (κ2) is 11.8. The third-order valence-corrected chi connectivity index (χ3v) is 10.4. The molecule has 41 heavy (non-hydrogen) atoms. The standard InChI is InChI=1S/C27H29ClFN3O7S2/c1-27(2)12-19(8-9-32(27)41(37,38)14-16-10-17(30)6-7-20(16)29)31-18-5-3-4-15(11-18)24-22(28)23(39-13-21(33)34)25(40-24)26(35)36/h3-7,10-11,19,31H,8-9,12-14,30H2,1-2H3,(H,33,34)(H,35,36)/t19-/m0/s1. The summed E-state index contributed by atoms with van der Waals surface area (Å²) in [5.41, 5.74) is 6.57.